The van der Waals surface area contributed by atoms with Crippen molar-refractivity contribution in [2.75, 3.05) is 6.54 Å². The van der Waals surface area contributed by atoms with Crippen molar-refractivity contribution in [2.45, 2.75) is 39.7 Å². The van der Waals surface area contributed by atoms with Gasteiger partial charge in [0.25, 0.3) is 0 Å². The number of hydrogen-bond acceptors (Lipinski definition) is 4. The number of imidazole rings is 1. The average Bonchev–Trinajstić information content (AvgIpc) is 2.86. The molecule has 0 radical (unpaired) electrons. The summed E-state index contributed by atoms with van der Waals surface area (Å²) < 4.78 is 0. The molecule has 0 aliphatic carbocycles. The van der Waals surface area contributed by atoms with Gasteiger partial charge in [0.05, 0.1) is 12.2 Å². The Labute approximate surface area is 124 Å². The normalized spacial score (nSPS) is 14.5. The highest BCUT2D eigenvalue weighted by molar-refractivity contribution is 5.85. The summed E-state index contributed by atoms with van der Waals surface area (Å²) in [6, 6.07) is -0.994. The first-order valence-electron chi connectivity index (χ1n) is 6.93. The Bertz CT molecular complexity index is 465. The number of nitrogens with one attached hydrogen (secondary N) is 2. The third-order valence-electron chi connectivity index (χ3n) is 3.11. The van der Waals surface area contributed by atoms with Crippen LogP contribution in [0.4, 0.5) is 0 Å². The molecule has 118 valence electrons. The number of aromatic nitrogens is 2. The number of aliphatic carboxylic acids is 1. The maximum absolute atomic E-state index is 12.2. The topological polar surface area (TPSA) is 121 Å². The molecule has 0 saturated heterocycles. The van der Waals surface area contributed by atoms with Crippen molar-refractivity contribution >= 4 is 11.9 Å². The van der Waals surface area contributed by atoms with E-state index in [2.05, 4.69) is 15.3 Å². The third-order valence-corrected chi connectivity index (χ3v) is 3.11. The fourth-order valence-electron chi connectivity index (χ4n) is 2.13. The van der Waals surface area contributed by atoms with Gasteiger partial charge in [-0.15, -0.1) is 0 Å². The van der Waals surface area contributed by atoms with Gasteiger partial charge in [0.2, 0.25) is 5.91 Å². The Hall–Kier alpha value is -1.89. The van der Waals surface area contributed by atoms with Crippen molar-refractivity contribution < 1.29 is 14.7 Å². The number of rotatable bonds is 7. The number of aromatic amines is 1. The van der Waals surface area contributed by atoms with Gasteiger partial charge in [-0.05, 0) is 11.8 Å². The minimum Gasteiger partial charge on any atom is -0.480 e. The lowest BCUT2D eigenvalue weighted by Gasteiger charge is -2.25. The summed E-state index contributed by atoms with van der Waals surface area (Å²) in [4.78, 5) is 30.2. The van der Waals surface area contributed by atoms with E-state index in [4.69, 9.17) is 5.73 Å². The molecule has 1 rings (SSSR count). The molecule has 0 bridgehead atoms. The molecule has 2 unspecified atom stereocenters. The summed E-state index contributed by atoms with van der Waals surface area (Å²) in [5.41, 5.74) is 6.25. The van der Waals surface area contributed by atoms with Crippen LogP contribution in [-0.2, 0) is 16.0 Å². The Morgan fingerprint density at radius 1 is 1.48 bits per heavy atom. The fraction of sp³-hybridized carbons (Fsp3) is 0.643. The quantitative estimate of drug-likeness (QED) is 0.585. The second kappa shape index (κ2) is 7.21. The molecule has 0 aliphatic rings. The molecule has 0 aliphatic heterocycles. The number of amides is 1. The molecule has 1 heterocycles. The van der Waals surface area contributed by atoms with E-state index in [1.165, 1.54) is 12.5 Å². The molecular formula is C14H24N4O3. The number of hydrogen-bond donors (Lipinski definition) is 4. The highest BCUT2D eigenvalue weighted by Gasteiger charge is 2.28. The predicted molar refractivity (Wildman–Crippen MR) is 78.5 cm³/mol. The molecule has 7 heteroatoms. The second-order valence-corrected chi connectivity index (χ2v) is 6.38. The maximum Gasteiger partial charge on any atom is 0.326 e. The van der Waals surface area contributed by atoms with Crippen molar-refractivity contribution in [3.8, 4) is 0 Å². The molecule has 0 spiro atoms. The minimum atomic E-state index is -1.08. The molecule has 1 amide bonds. The van der Waals surface area contributed by atoms with Crippen LogP contribution in [0.2, 0.25) is 0 Å². The van der Waals surface area contributed by atoms with E-state index in [0.29, 0.717) is 12.1 Å². The van der Waals surface area contributed by atoms with Gasteiger partial charge in [-0.1, -0.05) is 20.8 Å². The lowest BCUT2D eigenvalue weighted by molar-refractivity contribution is -0.142. The van der Waals surface area contributed by atoms with Crippen LogP contribution in [0.25, 0.3) is 0 Å². The van der Waals surface area contributed by atoms with E-state index in [1.54, 1.807) is 0 Å². The van der Waals surface area contributed by atoms with Crippen molar-refractivity contribution in [3.05, 3.63) is 18.2 Å². The zero-order valence-corrected chi connectivity index (χ0v) is 12.7. The van der Waals surface area contributed by atoms with Crippen LogP contribution in [0.1, 0.15) is 32.9 Å². The minimum absolute atomic E-state index is 0.0521. The smallest absolute Gasteiger partial charge is 0.326 e. The zero-order valence-electron chi connectivity index (χ0n) is 12.7. The van der Waals surface area contributed by atoms with Crippen molar-refractivity contribution in [2.24, 2.45) is 17.1 Å². The number of carbonyl (C=O) groups is 2. The van der Waals surface area contributed by atoms with Crippen LogP contribution in [0, 0.1) is 11.3 Å². The molecule has 1 aromatic rings. The molecule has 21 heavy (non-hydrogen) atoms. The molecule has 0 saturated carbocycles. The maximum atomic E-state index is 12.2. The van der Waals surface area contributed by atoms with Crippen LogP contribution in [0.5, 0.6) is 0 Å². The Morgan fingerprint density at radius 3 is 2.57 bits per heavy atom. The van der Waals surface area contributed by atoms with E-state index in [0.717, 1.165) is 0 Å². The lowest BCUT2D eigenvalue weighted by Crippen LogP contribution is -2.47. The number of H-pyrrole nitrogens is 1. The van der Waals surface area contributed by atoms with Crippen molar-refractivity contribution in [1.82, 2.24) is 15.3 Å². The van der Waals surface area contributed by atoms with Gasteiger partial charge in [0, 0.05) is 24.9 Å². The van der Waals surface area contributed by atoms with Gasteiger partial charge in [0.15, 0.2) is 0 Å². The fourth-order valence-corrected chi connectivity index (χ4v) is 2.13. The first-order valence-corrected chi connectivity index (χ1v) is 6.93. The molecule has 0 fully saturated rings. The van der Waals surface area contributed by atoms with Gasteiger partial charge < -0.3 is 21.1 Å². The van der Waals surface area contributed by atoms with Gasteiger partial charge in [-0.25, -0.2) is 9.78 Å². The number of carboxylic acid groups (broad SMARTS) is 1. The van der Waals surface area contributed by atoms with E-state index in [9.17, 15) is 14.7 Å². The van der Waals surface area contributed by atoms with E-state index < -0.39 is 17.9 Å². The number of nitrogens with zero attached hydrogens (tertiary/aromatic N) is 1. The summed E-state index contributed by atoms with van der Waals surface area (Å²) in [7, 11) is 0. The summed E-state index contributed by atoms with van der Waals surface area (Å²) in [6.45, 7) is 6.24. The van der Waals surface area contributed by atoms with Gasteiger partial charge >= 0.3 is 5.97 Å². The highest BCUT2D eigenvalue weighted by atomic mass is 16.4. The highest BCUT2D eigenvalue weighted by Crippen LogP contribution is 2.24. The summed E-state index contributed by atoms with van der Waals surface area (Å²) in [5.74, 6) is -1.79. The summed E-state index contributed by atoms with van der Waals surface area (Å²) in [5, 5.41) is 11.8. The zero-order chi connectivity index (χ0) is 16.0. The first kappa shape index (κ1) is 17.2. The van der Waals surface area contributed by atoms with E-state index in [1.807, 2.05) is 20.8 Å². The monoisotopic (exact) mass is 296 g/mol. The number of carboxylic acids is 1. The van der Waals surface area contributed by atoms with Crippen LogP contribution < -0.4 is 11.1 Å². The first-order chi connectivity index (χ1) is 9.73. The largest absolute Gasteiger partial charge is 0.480 e. The SMILES string of the molecule is CC(C)(C)CC(CN)C(=O)NC(Cc1cnc[nH]1)C(=O)O. The molecule has 1 aromatic heterocycles. The lowest BCUT2D eigenvalue weighted by atomic mass is 9.84. The van der Waals surface area contributed by atoms with Gasteiger partial charge in [-0.2, -0.15) is 0 Å². The van der Waals surface area contributed by atoms with Gasteiger partial charge in [-0.3, -0.25) is 4.79 Å². The van der Waals surface area contributed by atoms with Crippen LogP contribution in [-0.4, -0.2) is 39.5 Å². The molecule has 7 nitrogen and oxygen atoms in total. The molecule has 5 N–H and O–H groups in total. The molecular weight excluding hydrogens is 272 g/mol. The summed E-state index contributed by atoms with van der Waals surface area (Å²) in [6.07, 6.45) is 3.77. The Balaban J connectivity index is 2.69. The van der Waals surface area contributed by atoms with Crippen LogP contribution in [0.3, 0.4) is 0 Å². The third kappa shape index (κ3) is 5.95. The van der Waals surface area contributed by atoms with Crippen molar-refractivity contribution in [1.29, 1.82) is 0 Å². The van der Waals surface area contributed by atoms with E-state index in [-0.39, 0.29) is 24.3 Å². The van der Waals surface area contributed by atoms with Crippen molar-refractivity contribution in [3.63, 3.8) is 0 Å². The average molecular weight is 296 g/mol. The van der Waals surface area contributed by atoms with Gasteiger partial charge in [0.1, 0.15) is 6.04 Å². The van der Waals surface area contributed by atoms with E-state index >= 15 is 0 Å². The molecule has 2 atom stereocenters. The predicted octanol–water partition coefficient (Wildman–Crippen LogP) is 0.533. The van der Waals surface area contributed by atoms with Crippen LogP contribution >= 0.6 is 0 Å². The Morgan fingerprint density at radius 2 is 2.14 bits per heavy atom. The summed E-state index contributed by atoms with van der Waals surface area (Å²) >= 11 is 0. The standard InChI is InChI=1S/C14H24N4O3/c1-14(2,3)5-9(6-15)12(19)18-11(13(20)21)4-10-7-16-8-17-10/h7-9,11H,4-6,15H2,1-3H3,(H,16,17)(H,18,19)(H,20,21). The Kier molecular flexibility index (Phi) is 5.90. The second-order valence-electron chi connectivity index (χ2n) is 6.38. The molecule has 0 aromatic carbocycles. The number of carbonyl (C=O) groups excluding carboxylic acids is 1. The number of nitrogens with two attached hydrogens (primary N) is 1. The van der Waals surface area contributed by atoms with Crippen LogP contribution in [0.15, 0.2) is 12.5 Å².